The van der Waals surface area contributed by atoms with Crippen molar-refractivity contribution < 1.29 is 29.3 Å². The molecular weight excluding hydrogens is 288 g/mol. The molecule has 128 valence electrons. The minimum atomic E-state index is 0.0374. The third kappa shape index (κ3) is 4.43. The molecule has 6 nitrogen and oxygen atoms in total. The lowest BCUT2D eigenvalue weighted by Crippen LogP contribution is -2.43. The fourth-order valence-corrected chi connectivity index (χ4v) is 3.13. The van der Waals surface area contributed by atoms with Crippen molar-refractivity contribution in [1.29, 1.82) is 0 Å². The molecule has 0 aromatic rings. The van der Waals surface area contributed by atoms with Gasteiger partial charge in [-0.15, -0.1) is 0 Å². The fourth-order valence-electron chi connectivity index (χ4n) is 3.13. The van der Waals surface area contributed by atoms with Crippen molar-refractivity contribution >= 4 is 12.9 Å². The number of rotatable bonds is 8. The molecule has 2 fully saturated rings. The number of aliphatic hydroxyl groups is 2. The summed E-state index contributed by atoms with van der Waals surface area (Å²) in [6.07, 6.45) is 4.20. The van der Waals surface area contributed by atoms with Gasteiger partial charge in [-0.25, -0.2) is 0 Å². The zero-order chi connectivity index (χ0) is 16.6. The Hall–Kier alpha value is -1.14. The van der Waals surface area contributed by atoms with E-state index in [1.807, 2.05) is 13.8 Å². The molecule has 0 aliphatic heterocycles. The Morgan fingerprint density at radius 3 is 1.45 bits per heavy atom. The van der Waals surface area contributed by atoms with Crippen LogP contribution in [0.5, 0.6) is 0 Å². The largest absolute Gasteiger partial charge is 0.467 e. The minimum absolute atomic E-state index is 0.0374. The van der Waals surface area contributed by atoms with Crippen LogP contribution >= 0.6 is 0 Å². The van der Waals surface area contributed by atoms with Gasteiger partial charge in [-0.1, -0.05) is 13.8 Å². The molecule has 0 aromatic carbocycles. The van der Waals surface area contributed by atoms with Crippen LogP contribution < -0.4 is 0 Å². The van der Waals surface area contributed by atoms with Crippen LogP contribution in [0.1, 0.15) is 39.5 Å². The molecule has 0 saturated heterocycles. The Kier molecular flexibility index (Phi) is 7.29. The summed E-state index contributed by atoms with van der Waals surface area (Å²) in [5.41, 5.74) is 0.0747. The van der Waals surface area contributed by atoms with Gasteiger partial charge in [0.1, 0.15) is 0 Å². The van der Waals surface area contributed by atoms with Crippen molar-refractivity contribution in [3.05, 3.63) is 0 Å². The SMILES string of the molecule is C[C@@]1(COC=O)CC[C@H]1CO.C[C@]1(COC=O)CC[C@@H]1CO. The van der Waals surface area contributed by atoms with E-state index in [4.69, 9.17) is 10.2 Å². The number of carbonyl (C=O) groups is 2. The van der Waals surface area contributed by atoms with Crippen molar-refractivity contribution in [2.75, 3.05) is 26.4 Å². The summed E-state index contributed by atoms with van der Waals surface area (Å²) >= 11 is 0. The molecule has 2 aliphatic rings. The Bertz CT molecular complexity index is 323. The minimum Gasteiger partial charge on any atom is -0.467 e. The summed E-state index contributed by atoms with van der Waals surface area (Å²) in [5, 5.41) is 17.8. The first-order chi connectivity index (χ1) is 10.5. The van der Waals surface area contributed by atoms with Gasteiger partial charge in [0.15, 0.2) is 0 Å². The van der Waals surface area contributed by atoms with Crippen LogP contribution in [0.15, 0.2) is 0 Å². The Morgan fingerprint density at radius 1 is 0.909 bits per heavy atom. The summed E-state index contributed by atoms with van der Waals surface area (Å²) in [6.45, 7) is 6.33. The van der Waals surface area contributed by atoms with E-state index in [1.165, 1.54) is 0 Å². The van der Waals surface area contributed by atoms with E-state index in [2.05, 4.69) is 9.47 Å². The average molecular weight is 316 g/mol. The molecular formula is C16H28O6. The number of aliphatic hydroxyl groups excluding tert-OH is 2. The van der Waals surface area contributed by atoms with Crippen LogP contribution in [0.4, 0.5) is 0 Å². The second-order valence-electron chi connectivity index (χ2n) is 6.96. The van der Waals surface area contributed by atoms with Crippen LogP contribution in [0.3, 0.4) is 0 Å². The van der Waals surface area contributed by atoms with E-state index in [1.54, 1.807) is 0 Å². The predicted octanol–water partition coefficient (Wildman–Crippen LogP) is 1.14. The normalized spacial score (nSPS) is 36.0. The second kappa shape index (κ2) is 8.48. The topological polar surface area (TPSA) is 93.1 Å². The first kappa shape index (κ1) is 18.9. The van der Waals surface area contributed by atoms with Gasteiger partial charge in [0, 0.05) is 24.0 Å². The van der Waals surface area contributed by atoms with E-state index < -0.39 is 0 Å². The van der Waals surface area contributed by atoms with E-state index in [0.29, 0.717) is 38.0 Å². The maximum atomic E-state index is 9.90. The van der Waals surface area contributed by atoms with Gasteiger partial charge in [-0.05, 0) is 37.5 Å². The van der Waals surface area contributed by atoms with Gasteiger partial charge in [0.25, 0.3) is 12.9 Å². The summed E-state index contributed by atoms with van der Waals surface area (Å²) < 4.78 is 9.36. The second-order valence-corrected chi connectivity index (χ2v) is 6.96. The highest BCUT2D eigenvalue weighted by Gasteiger charge is 2.43. The molecule has 2 saturated carbocycles. The average Bonchev–Trinajstić information content (AvgIpc) is 2.49. The molecule has 0 heterocycles. The molecule has 0 unspecified atom stereocenters. The third-order valence-electron chi connectivity index (χ3n) is 5.50. The lowest BCUT2D eigenvalue weighted by Gasteiger charge is -2.45. The lowest BCUT2D eigenvalue weighted by atomic mass is 9.62. The van der Waals surface area contributed by atoms with Crippen molar-refractivity contribution in [3.8, 4) is 0 Å². The van der Waals surface area contributed by atoms with Gasteiger partial charge < -0.3 is 19.7 Å². The first-order valence-electron chi connectivity index (χ1n) is 7.78. The summed E-state index contributed by atoms with van der Waals surface area (Å²) in [5.74, 6) is 0.643. The van der Waals surface area contributed by atoms with Crippen LogP contribution in [0, 0.1) is 22.7 Å². The summed E-state index contributed by atoms with van der Waals surface area (Å²) in [6, 6.07) is 0. The standard InChI is InChI=1S/2C8H14O3/c2*1-8(5-11-6-10)3-2-7(8)4-9/h2*6-7,9H,2-5H2,1H3/t2*7-,8-/m10/s1. The van der Waals surface area contributed by atoms with Crippen LogP contribution in [0.2, 0.25) is 0 Å². The lowest BCUT2D eigenvalue weighted by molar-refractivity contribution is -0.138. The van der Waals surface area contributed by atoms with Crippen molar-refractivity contribution in [2.45, 2.75) is 39.5 Å². The van der Waals surface area contributed by atoms with Crippen molar-refractivity contribution in [1.82, 2.24) is 0 Å². The van der Waals surface area contributed by atoms with E-state index >= 15 is 0 Å². The fraction of sp³-hybridized carbons (Fsp3) is 0.875. The molecule has 0 bridgehead atoms. The molecule has 22 heavy (non-hydrogen) atoms. The maximum absolute atomic E-state index is 9.90. The molecule has 2 aliphatic carbocycles. The summed E-state index contributed by atoms with van der Waals surface area (Å²) in [4.78, 5) is 19.8. The highest BCUT2D eigenvalue weighted by Crippen LogP contribution is 2.46. The first-order valence-corrected chi connectivity index (χ1v) is 7.78. The molecule has 0 aromatic heterocycles. The Morgan fingerprint density at radius 2 is 1.27 bits per heavy atom. The van der Waals surface area contributed by atoms with Gasteiger partial charge in [0.2, 0.25) is 0 Å². The predicted molar refractivity (Wildman–Crippen MR) is 79.9 cm³/mol. The Balaban J connectivity index is 0.000000220. The molecule has 2 N–H and O–H groups in total. The third-order valence-corrected chi connectivity index (χ3v) is 5.50. The number of carbonyl (C=O) groups excluding carboxylic acids is 2. The smallest absolute Gasteiger partial charge is 0.293 e. The van der Waals surface area contributed by atoms with Gasteiger partial charge in [0.05, 0.1) is 13.2 Å². The van der Waals surface area contributed by atoms with Gasteiger partial charge in [-0.3, -0.25) is 9.59 Å². The number of hydrogen-bond donors (Lipinski definition) is 2. The highest BCUT2D eigenvalue weighted by atomic mass is 16.5. The quantitative estimate of drug-likeness (QED) is 0.652. The van der Waals surface area contributed by atoms with E-state index in [-0.39, 0.29) is 24.0 Å². The zero-order valence-corrected chi connectivity index (χ0v) is 13.5. The van der Waals surface area contributed by atoms with E-state index in [9.17, 15) is 9.59 Å². The number of ether oxygens (including phenoxy) is 2. The van der Waals surface area contributed by atoms with Crippen LogP contribution in [-0.4, -0.2) is 49.6 Å². The van der Waals surface area contributed by atoms with Crippen LogP contribution in [-0.2, 0) is 19.1 Å². The highest BCUT2D eigenvalue weighted by molar-refractivity contribution is 5.37. The number of hydrogen-bond acceptors (Lipinski definition) is 6. The molecule has 0 radical (unpaired) electrons. The molecule has 0 spiro atoms. The van der Waals surface area contributed by atoms with Crippen molar-refractivity contribution in [3.63, 3.8) is 0 Å². The monoisotopic (exact) mass is 316 g/mol. The van der Waals surface area contributed by atoms with Crippen molar-refractivity contribution in [2.24, 2.45) is 22.7 Å². The van der Waals surface area contributed by atoms with Gasteiger partial charge in [-0.2, -0.15) is 0 Å². The maximum Gasteiger partial charge on any atom is 0.293 e. The Labute approximate surface area is 131 Å². The summed E-state index contributed by atoms with van der Waals surface area (Å²) in [7, 11) is 0. The molecule has 0 amide bonds. The van der Waals surface area contributed by atoms with Gasteiger partial charge >= 0.3 is 0 Å². The molecule has 4 atom stereocenters. The van der Waals surface area contributed by atoms with E-state index in [0.717, 1.165) is 25.7 Å². The molecule has 6 heteroatoms. The van der Waals surface area contributed by atoms with Crippen LogP contribution in [0.25, 0.3) is 0 Å². The molecule has 2 rings (SSSR count). The zero-order valence-electron chi connectivity index (χ0n) is 13.5.